The predicted molar refractivity (Wildman–Crippen MR) is 56.4 cm³/mol. The van der Waals surface area contributed by atoms with E-state index in [1.54, 1.807) is 12.1 Å². The smallest absolute Gasteiger partial charge is 0.171 e. The third-order valence-electron chi connectivity index (χ3n) is 1.93. The molecular formula is C11H7FN4. The zero-order valence-corrected chi connectivity index (χ0v) is 8.18. The van der Waals surface area contributed by atoms with Crippen molar-refractivity contribution in [2.24, 2.45) is 0 Å². The number of rotatable bonds is 2. The van der Waals surface area contributed by atoms with Gasteiger partial charge in [0.25, 0.3) is 0 Å². The molecule has 0 aliphatic rings. The Morgan fingerprint density at radius 3 is 2.94 bits per heavy atom. The van der Waals surface area contributed by atoms with Crippen LogP contribution in [0.3, 0.4) is 0 Å². The summed E-state index contributed by atoms with van der Waals surface area (Å²) < 4.78 is 12.9. The van der Waals surface area contributed by atoms with Gasteiger partial charge >= 0.3 is 0 Å². The molecule has 0 radical (unpaired) electrons. The van der Waals surface area contributed by atoms with Crippen LogP contribution in [0.2, 0.25) is 0 Å². The minimum atomic E-state index is -0.354. The molecule has 16 heavy (non-hydrogen) atoms. The van der Waals surface area contributed by atoms with Gasteiger partial charge in [0.2, 0.25) is 0 Å². The molecule has 0 fully saturated rings. The first-order valence-electron chi connectivity index (χ1n) is 4.54. The number of benzene rings is 1. The van der Waals surface area contributed by atoms with Crippen molar-refractivity contribution in [2.45, 2.75) is 0 Å². The van der Waals surface area contributed by atoms with Crippen molar-refractivity contribution < 1.29 is 4.39 Å². The van der Waals surface area contributed by atoms with Crippen molar-refractivity contribution >= 4 is 11.5 Å². The summed E-state index contributed by atoms with van der Waals surface area (Å²) in [6.07, 6.45) is 1.43. The van der Waals surface area contributed by atoms with Gasteiger partial charge in [-0.3, -0.25) is 0 Å². The molecule has 0 unspecified atom stereocenters. The average Bonchev–Trinajstić information content (AvgIpc) is 2.30. The van der Waals surface area contributed by atoms with Crippen LogP contribution in [0.5, 0.6) is 0 Å². The maximum absolute atomic E-state index is 12.9. The van der Waals surface area contributed by atoms with Crippen LogP contribution >= 0.6 is 0 Å². The van der Waals surface area contributed by atoms with Crippen molar-refractivity contribution in [1.82, 2.24) is 10.2 Å². The lowest BCUT2D eigenvalue weighted by Crippen LogP contribution is -1.98. The molecule has 4 nitrogen and oxygen atoms in total. The van der Waals surface area contributed by atoms with E-state index < -0.39 is 0 Å². The van der Waals surface area contributed by atoms with Gasteiger partial charge in [0.05, 0.1) is 11.8 Å². The second-order valence-electron chi connectivity index (χ2n) is 3.04. The van der Waals surface area contributed by atoms with Crippen molar-refractivity contribution in [3.05, 3.63) is 47.9 Å². The average molecular weight is 214 g/mol. The molecule has 1 aromatic carbocycles. The third-order valence-corrected chi connectivity index (χ3v) is 1.93. The molecule has 0 atom stereocenters. The van der Waals surface area contributed by atoms with Crippen LogP contribution in [0.15, 0.2) is 36.5 Å². The molecule has 0 spiro atoms. The number of hydrogen-bond acceptors (Lipinski definition) is 4. The lowest BCUT2D eigenvalue weighted by Gasteiger charge is -2.05. The van der Waals surface area contributed by atoms with Crippen LogP contribution in [0.1, 0.15) is 5.56 Å². The summed E-state index contributed by atoms with van der Waals surface area (Å²) in [5, 5.41) is 19.1. The third kappa shape index (κ3) is 2.12. The molecule has 1 heterocycles. The number of nitriles is 1. The van der Waals surface area contributed by atoms with Crippen LogP contribution in [-0.4, -0.2) is 10.2 Å². The normalized spacial score (nSPS) is 9.50. The van der Waals surface area contributed by atoms with Crippen molar-refractivity contribution in [2.75, 3.05) is 5.32 Å². The second kappa shape index (κ2) is 4.36. The van der Waals surface area contributed by atoms with Gasteiger partial charge in [-0.15, -0.1) is 5.10 Å². The standard InChI is InChI=1S/C11H7FN4/c12-9-2-1-3-10(6-9)15-11-8(7-13)4-5-14-16-11/h1-6H,(H,15,16). The lowest BCUT2D eigenvalue weighted by molar-refractivity contribution is 0.628. The molecule has 2 aromatic rings. The Hall–Kier alpha value is -2.48. The topological polar surface area (TPSA) is 61.6 Å². The molecule has 0 saturated carbocycles. The van der Waals surface area contributed by atoms with E-state index in [1.807, 2.05) is 6.07 Å². The first-order valence-corrected chi connectivity index (χ1v) is 4.54. The number of aromatic nitrogens is 2. The van der Waals surface area contributed by atoms with Gasteiger partial charge in [0, 0.05) is 5.69 Å². The fraction of sp³-hybridized carbons (Fsp3) is 0. The summed E-state index contributed by atoms with van der Waals surface area (Å²) in [5.74, 6) is -0.0389. The van der Waals surface area contributed by atoms with Crippen LogP contribution in [0, 0.1) is 17.1 Å². The highest BCUT2D eigenvalue weighted by molar-refractivity contribution is 5.61. The zero-order valence-electron chi connectivity index (χ0n) is 8.18. The maximum Gasteiger partial charge on any atom is 0.171 e. The quantitative estimate of drug-likeness (QED) is 0.832. The van der Waals surface area contributed by atoms with Gasteiger partial charge in [-0.05, 0) is 24.3 Å². The zero-order chi connectivity index (χ0) is 11.4. The highest BCUT2D eigenvalue weighted by Gasteiger charge is 2.03. The molecular weight excluding hydrogens is 207 g/mol. The molecule has 5 heteroatoms. The summed E-state index contributed by atoms with van der Waals surface area (Å²) in [4.78, 5) is 0. The predicted octanol–water partition coefficient (Wildman–Crippen LogP) is 2.23. The van der Waals surface area contributed by atoms with Gasteiger partial charge in [-0.2, -0.15) is 10.4 Å². The molecule has 78 valence electrons. The minimum Gasteiger partial charge on any atom is -0.338 e. The van der Waals surface area contributed by atoms with Crippen LogP contribution in [0.4, 0.5) is 15.9 Å². The van der Waals surface area contributed by atoms with Crippen LogP contribution in [0.25, 0.3) is 0 Å². The Morgan fingerprint density at radius 1 is 1.31 bits per heavy atom. The molecule has 0 aliphatic heterocycles. The van der Waals surface area contributed by atoms with Gasteiger partial charge in [-0.25, -0.2) is 4.39 Å². The molecule has 0 aliphatic carbocycles. The van der Waals surface area contributed by atoms with Gasteiger partial charge in [0.1, 0.15) is 11.9 Å². The van der Waals surface area contributed by atoms with E-state index in [0.29, 0.717) is 17.1 Å². The van der Waals surface area contributed by atoms with Gasteiger partial charge in [-0.1, -0.05) is 6.07 Å². The van der Waals surface area contributed by atoms with E-state index in [-0.39, 0.29) is 5.82 Å². The van der Waals surface area contributed by atoms with Crippen molar-refractivity contribution in [3.8, 4) is 6.07 Å². The molecule has 0 saturated heterocycles. The minimum absolute atomic E-state index is 0.315. The van der Waals surface area contributed by atoms with E-state index >= 15 is 0 Å². The molecule has 0 bridgehead atoms. The number of anilines is 2. The lowest BCUT2D eigenvalue weighted by atomic mass is 10.2. The Balaban J connectivity index is 2.31. The monoisotopic (exact) mass is 214 g/mol. The largest absolute Gasteiger partial charge is 0.338 e. The van der Waals surface area contributed by atoms with Gasteiger partial charge in [0.15, 0.2) is 5.82 Å². The van der Waals surface area contributed by atoms with E-state index in [0.717, 1.165) is 0 Å². The number of nitrogens with one attached hydrogen (secondary N) is 1. The Kier molecular flexibility index (Phi) is 2.74. The summed E-state index contributed by atoms with van der Waals surface area (Å²) >= 11 is 0. The van der Waals surface area contributed by atoms with Crippen molar-refractivity contribution in [1.29, 1.82) is 5.26 Å². The Bertz CT molecular complexity index is 548. The number of halogens is 1. The van der Waals surface area contributed by atoms with Crippen LogP contribution in [-0.2, 0) is 0 Å². The Morgan fingerprint density at radius 2 is 2.19 bits per heavy atom. The summed E-state index contributed by atoms with van der Waals surface area (Å²) in [5.41, 5.74) is 0.885. The first kappa shape index (κ1) is 10.1. The van der Waals surface area contributed by atoms with Gasteiger partial charge < -0.3 is 5.32 Å². The molecule has 0 amide bonds. The fourth-order valence-electron chi connectivity index (χ4n) is 1.22. The summed E-state index contributed by atoms with van der Waals surface area (Å²) in [6, 6.07) is 9.41. The molecule has 2 rings (SSSR count). The highest BCUT2D eigenvalue weighted by atomic mass is 19.1. The van der Waals surface area contributed by atoms with Crippen LogP contribution < -0.4 is 5.32 Å². The Labute approximate surface area is 91.4 Å². The highest BCUT2D eigenvalue weighted by Crippen LogP contribution is 2.17. The molecule has 1 aromatic heterocycles. The van der Waals surface area contributed by atoms with E-state index in [4.69, 9.17) is 5.26 Å². The van der Waals surface area contributed by atoms with E-state index in [1.165, 1.54) is 24.4 Å². The van der Waals surface area contributed by atoms with E-state index in [2.05, 4.69) is 15.5 Å². The van der Waals surface area contributed by atoms with Crippen molar-refractivity contribution in [3.63, 3.8) is 0 Å². The summed E-state index contributed by atoms with van der Waals surface area (Å²) in [6.45, 7) is 0. The summed E-state index contributed by atoms with van der Waals surface area (Å²) in [7, 11) is 0. The number of nitrogens with zero attached hydrogens (tertiary/aromatic N) is 3. The molecule has 1 N–H and O–H groups in total. The maximum atomic E-state index is 12.9. The first-order chi connectivity index (χ1) is 7.79. The second-order valence-corrected chi connectivity index (χ2v) is 3.04. The van der Waals surface area contributed by atoms with E-state index in [9.17, 15) is 4.39 Å². The fourth-order valence-corrected chi connectivity index (χ4v) is 1.22. The SMILES string of the molecule is N#Cc1ccnnc1Nc1cccc(F)c1. The number of hydrogen-bond donors (Lipinski definition) is 1.